The molecule has 1 unspecified atom stereocenters. The summed E-state index contributed by atoms with van der Waals surface area (Å²) in [6.45, 7) is 7.60. The number of anilines is 1. The van der Waals surface area contributed by atoms with E-state index in [9.17, 15) is 0 Å². The van der Waals surface area contributed by atoms with Crippen molar-refractivity contribution in [2.24, 2.45) is 5.73 Å². The summed E-state index contributed by atoms with van der Waals surface area (Å²) < 4.78 is 5.41. The van der Waals surface area contributed by atoms with Crippen LogP contribution in [0.4, 0.5) is 5.69 Å². The third-order valence-electron chi connectivity index (χ3n) is 3.39. The highest BCUT2D eigenvalue weighted by atomic mass is 16.5. The molecule has 3 nitrogen and oxygen atoms in total. The second-order valence-corrected chi connectivity index (χ2v) is 5.02. The lowest BCUT2D eigenvalue weighted by molar-refractivity contribution is 0.179. The minimum atomic E-state index is -0.181. The van der Waals surface area contributed by atoms with Crippen molar-refractivity contribution in [1.29, 1.82) is 0 Å². The van der Waals surface area contributed by atoms with E-state index in [4.69, 9.17) is 10.5 Å². The molecule has 1 heterocycles. The molecule has 0 bridgehead atoms. The first-order chi connectivity index (χ1) is 8.13. The summed E-state index contributed by atoms with van der Waals surface area (Å²) in [6, 6.07) is 8.58. The monoisotopic (exact) mass is 234 g/mol. The quantitative estimate of drug-likeness (QED) is 0.865. The maximum Gasteiger partial charge on any atom is 0.0664 e. The molecular weight excluding hydrogens is 212 g/mol. The van der Waals surface area contributed by atoms with Gasteiger partial charge in [-0.2, -0.15) is 0 Å². The molecule has 0 radical (unpaired) electrons. The molecule has 1 aliphatic heterocycles. The Morgan fingerprint density at radius 1 is 1.47 bits per heavy atom. The molecule has 2 rings (SSSR count). The van der Waals surface area contributed by atoms with Crippen molar-refractivity contribution in [3.8, 4) is 0 Å². The number of nitrogens with zero attached hydrogens (tertiary/aromatic N) is 1. The number of hydrogen-bond donors (Lipinski definition) is 1. The van der Waals surface area contributed by atoms with Crippen LogP contribution in [0.2, 0.25) is 0 Å². The van der Waals surface area contributed by atoms with Crippen LogP contribution < -0.4 is 10.6 Å². The van der Waals surface area contributed by atoms with Crippen LogP contribution in [0, 0.1) is 6.92 Å². The SMILES string of the molecule is CCN(CC1(N)CCOC1)c1cccc(C)c1. The first-order valence-electron chi connectivity index (χ1n) is 6.31. The lowest BCUT2D eigenvalue weighted by Crippen LogP contribution is -2.51. The summed E-state index contributed by atoms with van der Waals surface area (Å²) in [4.78, 5) is 2.34. The van der Waals surface area contributed by atoms with Crippen molar-refractivity contribution in [2.75, 3.05) is 31.2 Å². The zero-order chi connectivity index (χ0) is 12.3. The number of likely N-dealkylation sites (N-methyl/N-ethyl adjacent to an activating group) is 1. The molecule has 1 aromatic carbocycles. The van der Waals surface area contributed by atoms with Gasteiger partial charge >= 0.3 is 0 Å². The summed E-state index contributed by atoms with van der Waals surface area (Å²) >= 11 is 0. The van der Waals surface area contributed by atoms with Gasteiger partial charge in [-0.05, 0) is 38.0 Å². The molecule has 2 N–H and O–H groups in total. The Bertz CT molecular complexity index is 372. The van der Waals surface area contributed by atoms with Crippen LogP contribution >= 0.6 is 0 Å². The number of rotatable bonds is 4. The second kappa shape index (κ2) is 5.07. The van der Waals surface area contributed by atoms with Gasteiger partial charge in [0.15, 0.2) is 0 Å². The highest BCUT2D eigenvalue weighted by molar-refractivity contribution is 5.48. The van der Waals surface area contributed by atoms with Crippen LogP contribution in [0.1, 0.15) is 18.9 Å². The maximum absolute atomic E-state index is 6.34. The lowest BCUT2D eigenvalue weighted by Gasteiger charge is -2.32. The van der Waals surface area contributed by atoms with Crippen LogP contribution in [0.5, 0.6) is 0 Å². The Labute approximate surface area is 104 Å². The van der Waals surface area contributed by atoms with Gasteiger partial charge in [-0.3, -0.25) is 0 Å². The van der Waals surface area contributed by atoms with Crippen molar-refractivity contribution in [3.05, 3.63) is 29.8 Å². The van der Waals surface area contributed by atoms with Crippen LogP contribution in [0.3, 0.4) is 0 Å². The number of benzene rings is 1. The predicted octanol–water partition coefficient (Wildman–Crippen LogP) is 1.94. The molecule has 1 atom stereocenters. The first-order valence-corrected chi connectivity index (χ1v) is 6.31. The van der Waals surface area contributed by atoms with E-state index in [0.717, 1.165) is 26.1 Å². The third kappa shape index (κ3) is 2.99. The van der Waals surface area contributed by atoms with Crippen LogP contribution in [0.15, 0.2) is 24.3 Å². The number of aryl methyl sites for hydroxylation is 1. The smallest absolute Gasteiger partial charge is 0.0664 e. The fraction of sp³-hybridized carbons (Fsp3) is 0.571. The molecule has 1 aromatic rings. The maximum atomic E-state index is 6.34. The fourth-order valence-electron chi connectivity index (χ4n) is 2.34. The molecule has 1 aliphatic rings. The highest BCUT2D eigenvalue weighted by Gasteiger charge is 2.32. The minimum absolute atomic E-state index is 0.181. The molecule has 17 heavy (non-hydrogen) atoms. The Kier molecular flexibility index (Phi) is 3.69. The van der Waals surface area contributed by atoms with Gasteiger partial charge in [0.25, 0.3) is 0 Å². The molecule has 94 valence electrons. The molecule has 0 aromatic heterocycles. The standard InChI is InChI=1S/C14H22N2O/c1-3-16(10-14(15)7-8-17-11-14)13-6-4-5-12(2)9-13/h4-6,9H,3,7-8,10-11,15H2,1-2H3. The summed E-state index contributed by atoms with van der Waals surface area (Å²) in [7, 11) is 0. The van der Waals surface area contributed by atoms with Crippen LogP contribution in [-0.4, -0.2) is 31.8 Å². The lowest BCUT2D eigenvalue weighted by atomic mass is 9.99. The largest absolute Gasteiger partial charge is 0.379 e. The molecule has 1 saturated heterocycles. The van der Waals surface area contributed by atoms with Gasteiger partial charge in [-0.15, -0.1) is 0 Å². The fourth-order valence-corrected chi connectivity index (χ4v) is 2.34. The average molecular weight is 234 g/mol. The van der Waals surface area contributed by atoms with Crippen LogP contribution in [0.25, 0.3) is 0 Å². The number of hydrogen-bond acceptors (Lipinski definition) is 3. The number of ether oxygens (including phenoxy) is 1. The van der Waals surface area contributed by atoms with Gasteiger partial charge in [0.05, 0.1) is 12.1 Å². The molecule has 0 aliphatic carbocycles. The average Bonchev–Trinajstić information content (AvgIpc) is 2.73. The van der Waals surface area contributed by atoms with E-state index in [-0.39, 0.29) is 5.54 Å². The summed E-state index contributed by atoms with van der Waals surface area (Å²) in [6.07, 6.45) is 0.954. The van der Waals surface area contributed by atoms with Gasteiger partial charge in [-0.1, -0.05) is 12.1 Å². The van der Waals surface area contributed by atoms with Crippen molar-refractivity contribution >= 4 is 5.69 Å². The van der Waals surface area contributed by atoms with Crippen molar-refractivity contribution in [1.82, 2.24) is 0 Å². The Morgan fingerprint density at radius 3 is 2.88 bits per heavy atom. The predicted molar refractivity (Wildman–Crippen MR) is 71.4 cm³/mol. The summed E-state index contributed by atoms with van der Waals surface area (Å²) in [5.41, 5.74) is 8.70. The topological polar surface area (TPSA) is 38.5 Å². The number of nitrogens with two attached hydrogens (primary N) is 1. The summed E-state index contributed by atoms with van der Waals surface area (Å²) in [5.74, 6) is 0. The van der Waals surface area contributed by atoms with Crippen molar-refractivity contribution in [3.63, 3.8) is 0 Å². The van der Waals surface area contributed by atoms with Gasteiger partial charge in [0.1, 0.15) is 0 Å². The molecular formula is C14H22N2O. The summed E-state index contributed by atoms with van der Waals surface area (Å²) in [5, 5.41) is 0. The third-order valence-corrected chi connectivity index (χ3v) is 3.39. The minimum Gasteiger partial charge on any atom is -0.379 e. The van der Waals surface area contributed by atoms with E-state index in [1.807, 2.05) is 0 Å². The molecule has 0 spiro atoms. The normalized spacial score (nSPS) is 23.9. The van der Waals surface area contributed by atoms with E-state index < -0.39 is 0 Å². The zero-order valence-corrected chi connectivity index (χ0v) is 10.8. The zero-order valence-electron chi connectivity index (χ0n) is 10.8. The van der Waals surface area contributed by atoms with E-state index in [0.29, 0.717) is 6.61 Å². The molecule has 0 amide bonds. The van der Waals surface area contributed by atoms with E-state index in [1.165, 1.54) is 11.3 Å². The van der Waals surface area contributed by atoms with E-state index in [1.54, 1.807) is 0 Å². The second-order valence-electron chi connectivity index (χ2n) is 5.02. The van der Waals surface area contributed by atoms with Gasteiger partial charge < -0.3 is 15.4 Å². The van der Waals surface area contributed by atoms with Crippen molar-refractivity contribution in [2.45, 2.75) is 25.8 Å². The van der Waals surface area contributed by atoms with E-state index >= 15 is 0 Å². The van der Waals surface area contributed by atoms with Gasteiger partial charge in [0.2, 0.25) is 0 Å². The highest BCUT2D eigenvalue weighted by Crippen LogP contribution is 2.22. The molecule has 3 heteroatoms. The first kappa shape index (κ1) is 12.4. The van der Waals surface area contributed by atoms with Crippen LogP contribution in [-0.2, 0) is 4.74 Å². The molecule has 1 fully saturated rings. The van der Waals surface area contributed by atoms with Crippen molar-refractivity contribution < 1.29 is 4.74 Å². The Balaban J connectivity index is 2.11. The Hall–Kier alpha value is -1.06. The Morgan fingerprint density at radius 2 is 2.29 bits per heavy atom. The van der Waals surface area contributed by atoms with E-state index in [2.05, 4.69) is 43.0 Å². The van der Waals surface area contributed by atoms with Gasteiger partial charge in [0, 0.05) is 25.4 Å². The molecule has 0 saturated carbocycles. The van der Waals surface area contributed by atoms with Gasteiger partial charge in [-0.25, -0.2) is 0 Å².